The van der Waals surface area contributed by atoms with Crippen LogP contribution in [0.1, 0.15) is 0 Å². The predicted octanol–water partition coefficient (Wildman–Crippen LogP) is 8.48. The van der Waals surface area contributed by atoms with Gasteiger partial charge >= 0.3 is 0 Å². The van der Waals surface area contributed by atoms with E-state index in [-0.39, 0.29) is 0 Å². The van der Waals surface area contributed by atoms with E-state index in [0.29, 0.717) is 0 Å². The van der Waals surface area contributed by atoms with Crippen LogP contribution >= 0.6 is 0 Å². The molecule has 6 rings (SSSR count). The third kappa shape index (κ3) is 2.69. The molecule has 0 bridgehead atoms. The van der Waals surface area contributed by atoms with Gasteiger partial charge in [0.1, 0.15) is 0 Å². The van der Waals surface area contributed by atoms with Gasteiger partial charge in [-0.1, -0.05) is 109 Å². The number of hydrogen-bond acceptors (Lipinski definition) is 0. The Morgan fingerprint density at radius 2 is 1.00 bits per heavy atom. The molecule has 0 heteroatoms. The van der Waals surface area contributed by atoms with Crippen molar-refractivity contribution in [1.29, 1.82) is 0 Å². The molecule has 0 heterocycles. The Morgan fingerprint density at radius 3 is 1.83 bits per heavy atom. The Bertz CT molecular complexity index is 1520. The highest BCUT2D eigenvalue weighted by atomic mass is 14.2. The lowest BCUT2D eigenvalue weighted by Gasteiger charge is -2.16. The van der Waals surface area contributed by atoms with Crippen LogP contribution in [0.15, 0.2) is 121 Å². The summed E-state index contributed by atoms with van der Waals surface area (Å²) in [4.78, 5) is 0. The molecule has 30 heavy (non-hydrogen) atoms. The van der Waals surface area contributed by atoms with Crippen molar-refractivity contribution in [2.75, 3.05) is 0 Å². The summed E-state index contributed by atoms with van der Waals surface area (Å²) in [7, 11) is 0. The van der Waals surface area contributed by atoms with Gasteiger partial charge in [0.15, 0.2) is 0 Å². The molecule has 0 aliphatic heterocycles. The summed E-state index contributed by atoms with van der Waals surface area (Å²) in [6, 6.07) is 43.9. The summed E-state index contributed by atoms with van der Waals surface area (Å²) in [6.45, 7) is 0. The SMILES string of the molecule is c1ccc(-c2c(-c3cccc4ccccc34)ccc3cc4ccccc4cc23)cc1. The third-order valence-electron chi connectivity index (χ3n) is 6.03. The first-order valence-electron chi connectivity index (χ1n) is 10.4. The Labute approximate surface area is 176 Å². The molecule has 0 atom stereocenters. The maximum Gasteiger partial charge on any atom is -0.00264 e. The predicted molar refractivity (Wildman–Crippen MR) is 130 cm³/mol. The van der Waals surface area contributed by atoms with Crippen LogP contribution in [0.5, 0.6) is 0 Å². The number of rotatable bonds is 2. The molecule has 0 radical (unpaired) electrons. The van der Waals surface area contributed by atoms with Crippen LogP contribution in [0.2, 0.25) is 0 Å². The van der Waals surface area contributed by atoms with Gasteiger partial charge in [-0.15, -0.1) is 0 Å². The lowest BCUT2D eigenvalue weighted by atomic mass is 9.87. The topological polar surface area (TPSA) is 0 Å². The number of fused-ring (bicyclic) bond motifs is 3. The van der Waals surface area contributed by atoms with E-state index in [1.165, 1.54) is 54.6 Å². The van der Waals surface area contributed by atoms with Crippen LogP contribution in [0, 0.1) is 0 Å². The van der Waals surface area contributed by atoms with E-state index in [0.717, 1.165) is 0 Å². The van der Waals surface area contributed by atoms with Gasteiger partial charge in [-0.3, -0.25) is 0 Å². The summed E-state index contributed by atoms with van der Waals surface area (Å²) in [5.41, 5.74) is 5.11. The Balaban J connectivity index is 1.77. The molecule has 6 aromatic rings. The fraction of sp³-hybridized carbons (Fsp3) is 0. The maximum atomic E-state index is 2.35. The molecular weight excluding hydrogens is 360 g/mol. The van der Waals surface area contributed by atoms with Gasteiger partial charge in [0, 0.05) is 0 Å². The maximum absolute atomic E-state index is 2.35. The van der Waals surface area contributed by atoms with Crippen LogP contribution in [0.3, 0.4) is 0 Å². The first-order chi connectivity index (χ1) is 14.9. The molecule has 0 spiro atoms. The summed E-state index contributed by atoms with van der Waals surface area (Å²) in [5, 5.41) is 7.69. The normalized spacial score (nSPS) is 11.3. The van der Waals surface area contributed by atoms with Crippen molar-refractivity contribution in [2.24, 2.45) is 0 Å². The van der Waals surface area contributed by atoms with Crippen LogP contribution in [-0.2, 0) is 0 Å². The molecule has 0 N–H and O–H groups in total. The van der Waals surface area contributed by atoms with Gasteiger partial charge in [-0.05, 0) is 66.7 Å². The highest BCUT2D eigenvalue weighted by molar-refractivity contribution is 6.11. The van der Waals surface area contributed by atoms with Crippen LogP contribution in [0.25, 0.3) is 54.6 Å². The minimum Gasteiger partial charge on any atom is -0.0622 e. The lowest BCUT2D eigenvalue weighted by Crippen LogP contribution is -1.90. The zero-order valence-electron chi connectivity index (χ0n) is 16.5. The number of benzene rings is 6. The van der Waals surface area contributed by atoms with E-state index >= 15 is 0 Å². The smallest absolute Gasteiger partial charge is 0.00264 e. The van der Waals surface area contributed by atoms with E-state index in [1.54, 1.807) is 0 Å². The second-order valence-corrected chi connectivity index (χ2v) is 7.80. The summed E-state index contributed by atoms with van der Waals surface area (Å²) < 4.78 is 0. The molecule has 0 saturated carbocycles. The molecule has 140 valence electrons. The standard InChI is InChI=1S/C30H20/c1-2-10-22(11-3-1)30-28(27-16-8-14-21-9-6-7-15-26(21)27)18-17-25-19-23-12-4-5-13-24(23)20-29(25)30/h1-20H. The van der Waals surface area contributed by atoms with E-state index in [4.69, 9.17) is 0 Å². The quantitative estimate of drug-likeness (QED) is 0.264. The Kier molecular flexibility index (Phi) is 3.89. The molecule has 0 aliphatic rings. The van der Waals surface area contributed by atoms with Crippen molar-refractivity contribution in [2.45, 2.75) is 0 Å². The average Bonchev–Trinajstić information content (AvgIpc) is 2.82. The minimum absolute atomic E-state index is 1.25. The first-order valence-corrected chi connectivity index (χ1v) is 10.4. The molecule has 0 aromatic heterocycles. The molecule has 0 amide bonds. The molecular formula is C30H20. The molecule has 6 aromatic carbocycles. The summed E-state index contributed by atoms with van der Waals surface area (Å²) in [6.07, 6.45) is 0. The highest BCUT2D eigenvalue weighted by Gasteiger charge is 2.14. The monoisotopic (exact) mass is 380 g/mol. The third-order valence-corrected chi connectivity index (χ3v) is 6.03. The minimum atomic E-state index is 1.25. The first kappa shape index (κ1) is 17.0. The largest absolute Gasteiger partial charge is 0.0622 e. The van der Waals surface area contributed by atoms with Crippen molar-refractivity contribution in [1.82, 2.24) is 0 Å². The van der Waals surface area contributed by atoms with Crippen molar-refractivity contribution >= 4 is 32.3 Å². The number of hydrogen-bond donors (Lipinski definition) is 0. The van der Waals surface area contributed by atoms with Gasteiger partial charge in [-0.2, -0.15) is 0 Å². The van der Waals surface area contributed by atoms with E-state index in [9.17, 15) is 0 Å². The fourth-order valence-electron chi connectivity index (χ4n) is 4.61. The summed E-state index contributed by atoms with van der Waals surface area (Å²) >= 11 is 0. The molecule has 0 fully saturated rings. The van der Waals surface area contributed by atoms with E-state index in [2.05, 4.69) is 121 Å². The summed E-state index contributed by atoms with van der Waals surface area (Å²) in [5.74, 6) is 0. The molecule has 0 saturated heterocycles. The highest BCUT2D eigenvalue weighted by Crippen LogP contribution is 2.41. The molecule has 0 unspecified atom stereocenters. The van der Waals surface area contributed by atoms with Gasteiger partial charge in [0.05, 0.1) is 0 Å². The lowest BCUT2D eigenvalue weighted by molar-refractivity contribution is 1.63. The Hall–Kier alpha value is -3.90. The second kappa shape index (κ2) is 6.86. The van der Waals surface area contributed by atoms with Crippen LogP contribution in [-0.4, -0.2) is 0 Å². The van der Waals surface area contributed by atoms with Gasteiger partial charge in [0.2, 0.25) is 0 Å². The zero-order chi connectivity index (χ0) is 19.9. The van der Waals surface area contributed by atoms with E-state index < -0.39 is 0 Å². The Morgan fingerprint density at radius 1 is 0.333 bits per heavy atom. The van der Waals surface area contributed by atoms with Crippen molar-refractivity contribution in [3.05, 3.63) is 121 Å². The van der Waals surface area contributed by atoms with E-state index in [1.807, 2.05) is 0 Å². The molecule has 0 aliphatic carbocycles. The second-order valence-electron chi connectivity index (χ2n) is 7.80. The van der Waals surface area contributed by atoms with Crippen molar-refractivity contribution in [3.8, 4) is 22.3 Å². The van der Waals surface area contributed by atoms with Crippen molar-refractivity contribution in [3.63, 3.8) is 0 Å². The molecule has 0 nitrogen and oxygen atoms in total. The zero-order valence-corrected chi connectivity index (χ0v) is 16.5. The van der Waals surface area contributed by atoms with Crippen molar-refractivity contribution < 1.29 is 0 Å². The van der Waals surface area contributed by atoms with Gasteiger partial charge in [-0.25, -0.2) is 0 Å². The fourth-order valence-corrected chi connectivity index (χ4v) is 4.61. The average molecular weight is 380 g/mol. The van der Waals surface area contributed by atoms with Gasteiger partial charge in [0.25, 0.3) is 0 Å². The van der Waals surface area contributed by atoms with Gasteiger partial charge < -0.3 is 0 Å². The van der Waals surface area contributed by atoms with Crippen LogP contribution < -0.4 is 0 Å². The van der Waals surface area contributed by atoms with Crippen LogP contribution in [0.4, 0.5) is 0 Å².